The number of thiazole rings is 1. The van der Waals surface area contributed by atoms with Crippen LogP contribution in [-0.2, 0) is 4.74 Å². The van der Waals surface area contributed by atoms with Crippen molar-refractivity contribution in [2.75, 3.05) is 19.8 Å². The van der Waals surface area contributed by atoms with Gasteiger partial charge in [0.15, 0.2) is 0 Å². The van der Waals surface area contributed by atoms with E-state index in [1.165, 1.54) is 0 Å². The standard InChI is InChI=1S/C14H17N3O3S/c1-8-13(9(2)20-16-8)14(18)17-4-5-19-6-12(17)11-7-21-10(3)15-11/h7,12H,4-6H2,1-3H3. The van der Waals surface area contributed by atoms with Crippen molar-refractivity contribution in [2.45, 2.75) is 26.8 Å². The van der Waals surface area contributed by atoms with Crippen LogP contribution in [0.5, 0.6) is 0 Å². The van der Waals surface area contributed by atoms with E-state index in [0.29, 0.717) is 36.8 Å². The Balaban J connectivity index is 1.93. The van der Waals surface area contributed by atoms with Gasteiger partial charge in [-0.1, -0.05) is 5.16 Å². The fraction of sp³-hybridized carbons (Fsp3) is 0.500. The summed E-state index contributed by atoms with van der Waals surface area (Å²) in [5.74, 6) is 0.488. The highest BCUT2D eigenvalue weighted by molar-refractivity contribution is 7.09. The molecule has 3 rings (SSSR count). The molecule has 21 heavy (non-hydrogen) atoms. The molecule has 0 radical (unpaired) electrons. The van der Waals surface area contributed by atoms with Crippen LogP contribution in [0, 0.1) is 20.8 Å². The van der Waals surface area contributed by atoms with Crippen molar-refractivity contribution in [1.82, 2.24) is 15.0 Å². The lowest BCUT2D eigenvalue weighted by atomic mass is 10.1. The number of aryl methyl sites for hydroxylation is 3. The minimum atomic E-state index is -0.148. The molecular weight excluding hydrogens is 290 g/mol. The van der Waals surface area contributed by atoms with Gasteiger partial charge < -0.3 is 14.2 Å². The first-order valence-electron chi connectivity index (χ1n) is 6.81. The Labute approximate surface area is 126 Å². The molecule has 0 saturated carbocycles. The average Bonchev–Trinajstić information content (AvgIpc) is 3.05. The van der Waals surface area contributed by atoms with Gasteiger partial charge in [0.1, 0.15) is 11.3 Å². The van der Waals surface area contributed by atoms with Gasteiger partial charge in [-0.05, 0) is 20.8 Å². The summed E-state index contributed by atoms with van der Waals surface area (Å²) in [5, 5.41) is 6.84. The molecule has 1 aliphatic rings. The van der Waals surface area contributed by atoms with E-state index in [9.17, 15) is 4.79 Å². The van der Waals surface area contributed by atoms with Crippen LogP contribution in [0.2, 0.25) is 0 Å². The second kappa shape index (κ2) is 5.57. The number of carbonyl (C=O) groups excluding carboxylic acids is 1. The summed E-state index contributed by atoms with van der Waals surface area (Å²) in [4.78, 5) is 19.1. The number of hydrogen-bond donors (Lipinski definition) is 0. The lowest BCUT2D eigenvalue weighted by Gasteiger charge is -2.34. The van der Waals surface area contributed by atoms with Crippen molar-refractivity contribution < 1.29 is 14.1 Å². The molecule has 1 fully saturated rings. The van der Waals surface area contributed by atoms with Crippen LogP contribution in [0.25, 0.3) is 0 Å². The van der Waals surface area contributed by atoms with E-state index < -0.39 is 0 Å². The molecule has 0 aliphatic carbocycles. The topological polar surface area (TPSA) is 68.5 Å². The van der Waals surface area contributed by atoms with Crippen LogP contribution in [-0.4, -0.2) is 40.7 Å². The highest BCUT2D eigenvalue weighted by atomic mass is 32.1. The zero-order chi connectivity index (χ0) is 15.0. The largest absolute Gasteiger partial charge is 0.377 e. The number of amides is 1. The molecule has 1 atom stereocenters. The number of nitrogens with zero attached hydrogens (tertiary/aromatic N) is 3. The summed E-state index contributed by atoms with van der Waals surface area (Å²) in [7, 11) is 0. The fourth-order valence-corrected chi connectivity index (χ4v) is 3.22. The fourth-order valence-electron chi connectivity index (χ4n) is 2.56. The van der Waals surface area contributed by atoms with Gasteiger partial charge in [0.2, 0.25) is 0 Å². The van der Waals surface area contributed by atoms with E-state index in [-0.39, 0.29) is 11.9 Å². The first kappa shape index (κ1) is 14.2. The maximum atomic E-state index is 12.8. The number of ether oxygens (including phenoxy) is 1. The Bertz CT molecular complexity index is 645. The second-order valence-corrected chi connectivity index (χ2v) is 6.14. The zero-order valence-electron chi connectivity index (χ0n) is 12.3. The Hall–Kier alpha value is -1.73. The SMILES string of the molecule is Cc1nc(C2COCCN2C(=O)c2c(C)noc2C)cs1. The maximum Gasteiger partial charge on any atom is 0.260 e. The highest BCUT2D eigenvalue weighted by Gasteiger charge is 2.33. The molecule has 0 N–H and O–H groups in total. The normalized spacial score (nSPS) is 19.0. The first-order valence-corrected chi connectivity index (χ1v) is 7.69. The first-order chi connectivity index (χ1) is 10.1. The lowest BCUT2D eigenvalue weighted by molar-refractivity contribution is -0.00388. The average molecular weight is 307 g/mol. The number of rotatable bonds is 2. The molecule has 2 aromatic heterocycles. The predicted octanol–water partition coefficient (Wildman–Crippen LogP) is 2.27. The molecule has 1 aliphatic heterocycles. The van der Waals surface area contributed by atoms with Gasteiger partial charge in [0, 0.05) is 11.9 Å². The quantitative estimate of drug-likeness (QED) is 0.851. The molecule has 112 valence electrons. The van der Waals surface area contributed by atoms with Crippen LogP contribution in [0.1, 0.15) is 38.6 Å². The minimum absolute atomic E-state index is 0.0646. The number of hydrogen-bond acceptors (Lipinski definition) is 6. The Kier molecular flexibility index (Phi) is 3.77. The Morgan fingerprint density at radius 3 is 2.86 bits per heavy atom. The van der Waals surface area contributed by atoms with E-state index in [1.807, 2.05) is 17.2 Å². The zero-order valence-corrected chi connectivity index (χ0v) is 13.1. The molecular formula is C14H17N3O3S. The van der Waals surface area contributed by atoms with Gasteiger partial charge in [-0.3, -0.25) is 4.79 Å². The monoisotopic (exact) mass is 307 g/mol. The van der Waals surface area contributed by atoms with Crippen LogP contribution in [0.15, 0.2) is 9.90 Å². The third kappa shape index (κ3) is 2.58. The second-order valence-electron chi connectivity index (χ2n) is 5.08. The Morgan fingerprint density at radius 1 is 1.43 bits per heavy atom. The van der Waals surface area contributed by atoms with Crippen LogP contribution in [0.3, 0.4) is 0 Å². The molecule has 3 heterocycles. The van der Waals surface area contributed by atoms with E-state index in [0.717, 1.165) is 10.7 Å². The van der Waals surface area contributed by atoms with Crippen molar-refractivity contribution in [2.24, 2.45) is 0 Å². The van der Waals surface area contributed by atoms with Gasteiger partial charge in [0.25, 0.3) is 5.91 Å². The summed E-state index contributed by atoms with van der Waals surface area (Å²) in [5.41, 5.74) is 2.06. The summed E-state index contributed by atoms with van der Waals surface area (Å²) >= 11 is 1.58. The molecule has 0 aromatic carbocycles. The molecule has 2 aromatic rings. The van der Waals surface area contributed by atoms with Crippen LogP contribution >= 0.6 is 11.3 Å². The number of carbonyl (C=O) groups is 1. The molecule has 7 heteroatoms. The van der Waals surface area contributed by atoms with Gasteiger partial charge in [-0.2, -0.15) is 0 Å². The van der Waals surface area contributed by atoms with Crippen molar-refractivity contribution >= 4 is 17.2 Å². The molecule has 6 nitrogen and oxygen atoms in total. The van der Waals surface area contributed by atoms with E-state index in [1.54, 1.807) is 25.2 Å². The molecule has 0 bridgehead atoms. The summed E-state index contributed by atoms with van der Waals surface area (Å²) in [6, 6.07) is -0.148. The van der Waals surface area contributed by atoms with E-state index in [4.69, 9.17) is 9.26 Å². The summed E-state index contributed by atoms with van der Waals surface area (Å²) in [6.07, 6.45) is 0. The molecule has 0 spiro atoms. The van der Waals surface area contributed by atoms with Crippen molar-refractivity contribution in [3.63, 3.8) is 0 Å². The van der Waals surface area contributed by atoms with E-state index in [2.05, 4.69) is 10.1 Å². The molecule has 1 saturated heterocycles. The summed E-state index contributed by atoms with van der Waals surface area (Å²) < 4.78 is 10.6. The van der Waals surface area contributed by atoms with Crippen molar-refractivity contribution in [3.05, 3.63) is 33.1 Å². The highest BCUT2D eigenvalue weighted by Crippen LogP contribution is 2.28. The molecule has 1 unspecified atom stereocenters. The predicted molar refractivity (Wildman–Crippen MR) is 77.4 cm³/mol. The smallest absolute Gasteiger partial charge is 0.260 e. The van der Waals surface area contributed by atoms with Crippen LogP contribution < -0.4 is 0 Å². The number of aromatic nitrogens is 2. The number of morpholine rings is 1. The third-order valence-electron chi connectivity index (χ3n) is 3.61. The molecule has 1 amide bonds. The van der Waals surface area contributed by atoms with Gasteiger partial charge in [0.05, 0.1) is 35.7 Å². The van der Waals surface area contributed by atoms with Gasteiger partial charge in [-0.15, -0.1) is 11.3 Å². The summed E-state index contributed by atoms with van der Waals surface area (Å²) in [6.45, 7) is 7.05. The van der Waals surface area contributed by atoms with E-state index >= 15 is 0 Å². The lowest BCUT2D eigenvalue weighted by Crippen LogP contribution is -2.43. The minimum Gasteiger partial charge on any atom is -0.377 e. The third-order valence-corrected chi connectivity index (χ3v) is 4.41. The van der Waals surface area contributed by atoms with Crippen molar-refractivity contribution in [3.8, 4) is 0 Å². The van der Waals surface area contributed by atoms with Gasteiger partial charge >= 0.3 is 0 Å². The van der Waals surface area contributed by atoms with Gasteiger partial charge in [-0.25, -0.2) is 4.98 Å². The maximum absolute atomic E-state index is 12.8. The Morgan fingerprint density at radius 2 is 2.24 bits per heavy atom. The van der Waals surface area contributed by atoms with Crippen LogP contribution in [0.4, 0.5) is 0 Å². The van der Waals surface area contributed by atoms with Crippen molar-refractivity contribution in [1.29, 1.82) is 0 Å².